The summed E-state index contributed by atoms with van der Waals surface area (Å²) in [6, 6.07) is 10.7. The molecule has 0 saturated carbocycles. The van der Waals surface area contributed by atoms with Crippen molar-refractivity contribution >= 4 is 11.8 Å². The average molecular weight is 265 g/mol. The standard InChI is InChI=1S/C14H13F2NS/c1-9(17)10-5-4-7-12(16)14(10)18-13-8-3-2-6-11(13)15/h2-9H,17H2,1H3/t9-/m0/s1. The Balaban J connectivity index is 2.43. The van der Waals surface area contributed by atoms with Gasteiger partial charge in [0.25, 0.3) is 0 Å². The van der Waals surface area contributed by atoms with E-state index < -0.39 is 0 Å². The third-order valence-electron chi connectivity index (χ3n) is 2.54. The molecule has 0 aliphatic carbocycles. The van der Waals surface area contributed by atoms with Gasteiger partial charge in [-0.15, -0.1) is 0 Å². The fourth-order valence-corrected chi connectivity index (χ4v) is 2.70. The molecule has 94 valence electrons. The van der Waals surface area contributed by atoms with Crippen molar-refractivity contribution in [2.75, 3.05) is 0 Å². The summed E-state index contributed by atoms with van der Waals surface area (Å²) in [5, 5.41) is 0. The highest BCUT2D eigenvalue weighted by Crippen LogP contribution is 2.35. The molecular formula is C14H13F2NS. The van der Waals surface area contributed by atoms with E-state index in [1.165, 1.54) is 12.1 Å². The molecule has 2 aromatic carbocycles. The van der Waals surface area contributed by atoms with Crippen LogP contribution in [-0.4, -0.2) is 0 Å². The van der Waals surface area contributed by atoms with Crippen LogP contribution in [0.25, 0.3) is 0 Å². The Morgan fingerprint density at radius 2 is 1.67 bits per heavy atom. The minimum absolute atomic E-state index is 0.296. The van der Waals surface area contributed by atoms with Gasteiger partial charge in [0.15, 0.2) is 0 Å². The number of hydrogen-bond donors (Lipinski definition) is 1. The van der Waals surface area contributed by atoms with Gasteiger partial charge < -0.3 is 5.73 Å². The van der Waals surface area contributed by atoms with Crippen LogP contribution in [0.5, 0.6) is 0 Å². The topological polar surface area (TPSA) is 26.0 Å². The van der Waals surface area contributed by atoms with Gasteiger partial charge in [-0.1, -0.05) is 36.0 Å². The first-order chi connectivity index (χ1) is 8.59. The zero-order valence-electron chi connectivity index (χ0n) is 9.86. The summed E-state index contributed by atoms with van der Waals surface area (Å²) >= 11 is 1.07. The first kappa shape index (κ1) is 13.1. The van der Waals surface area contributed by atoms with Crippen molar-refractivity contribution in [1.82, 2.24) is 0 Å². The largest absolute Gasteiger partial charge is 0.324 e. The van der Waals surface area contributed by atoms with Crippen molar-refractivity contribution in [2.24, 2.45) is 5.73 Å². The van der Waals surface area contributed by atoms with Crippen LogP contribution in [0, 0.1) is 11.6 Å². The highest BCUT2D eigenvalue weighted by atomic mass is 32.2. The summed E-state index contributed by atoms with van der Waals surface area (Å²) in [6.45, 7) is 1.78. The fraction of sp³-hybridized carbons (Fsp3) is 0.143. The summed E-state index contributed by atoms with van der Waals surface area (Å²) in [5.74, 6) is -0.737. The summed E-state index contributed by atoms with van der Waals surface area (Å²) in [6.07, 6.45) is 0. The Morgan fingerprint density at radius 3 is 2.33 bits per heavy atom. The Kier molecular flexibility index (Phi) is 3.99. The molecule has 2 aromatic rings. The molecule has 18 heavy (non-hydrogen) atoms. The Bertz CT molecular complexity index is 555. The molecule has 2 N–H and O–H groups in total. The molecular weight excluding hydrogens is 252 g/mol. The van der Waals surface area contributed by atoms with Gasteiger partial charge in [0.05, 0.1) is 4.90 Å². The molecule has 0 saturated heterocycles. The van der Waals surface area contributed by atoms with Gasteiger partial charge in [-0.05, 0) is 30.7 Å². The van der Waals surface area contributed by atoms with Crippen LogP contribution in [0.3, 0.4) is 0 Å². The third-order valence-corrected chi connectivity index (χ3v) is 3.72. The van der Waals surface area contributed by atoms with Crippen molar-refractivity contribution < 1.29 is 8.78 Å². The second kappa shape index (κ2) is 5.50. The van der Waals surface area contributed by atoms with Gasteiger partial charge in [0, 0.05) is 10.9 Å². The van der Waals surface area contributed by atoms with Crippen LogP contribution in [-0.2, 0) is 0 Å². The molecule has 0 radical (unpaired) electrons. The Morgan fingerprint density at radius 1 is 1.00 bits per heavy atom. The van der Waals surface area contributed by atoms with Gasteiger partial charge in [0.1, 0.15) is 11.6 Å². The van der Waals surface area contributed by atoms with Crippen LogP contribution in [0.2, 0.25) is 0 Å². The van der Waals surface area contributed by atoms with E-state index in [1.807, 2.05) is 0 Å². The number of rotatable bonds is 3. The van der Waals surface area contributed by atoms with Crippen LogP contribution in [0.1, 0.15) is 18.5 Å². The lowest BCUT2D eigenvalue weighted by molar-refractivity contribution is 0.588. The highest BCUT2D eigenvalue weighted by molar-refractivity contribution is 7.99. The van der Waals surface area contributed by atoms with E-state index in [0.717, 1.165) is 11.8 Å². The van der Waals surface area contributed by atoms with Crippen LogP contribution in [0.4, 0.5) is 8.78 Å². The van der Waals surface area contributed by atoms with E-state index in [4.69, 9.17) is 5.73 Å². The SMILES string of the molecule is C[C@H](N)c1cccc(F)c1Sc1ccccc1F. The van der Waals surface area contributed by atoms with E-state index in [-0.39, 0.29) is 17.7 Å². The number of nitrogens with two attached hydrogens (primary N) is 1. The second-order valence-electron chi connectivity index (χ2n) is 3.98. The first-order valence-corrected chi connectivity index (χ1v) is 6.37. The van der Waals surface area contributed by atoms with E-state index >= 15 is 0 Å². The zero-order valence-corrected chi connectivity index (χ0v) is 10.7. The Hall–Kier alpha value is -1.39. The molecule has 0 aromatic heterocycles. The molecule has 0 unspecified atom stereocenters. The summed E-state index contributed by atoms with van der Waals surface area (Å²) in [5.41, 5.74) is 6.48. The van der Waals surface area contributed by atoms with E-state index in [9.17, 15) is 8.78 Å². The van der Waals surface area contributed by atoms with Crippen LogP contribution in [0.15, 0.2) is 52.3 Å². The monoisotopic (exact) mass is 265 g/mol. The molecule has 0 aliphatic heterocycles. The van der Waals surface area contributed by atoms with Gasteiger partial charge in [-0.2, -0.15) is 0 Å². The van der Waals surface area contributed by atoms with Gasteiger partial charge >= 0.3 is 0 Å². The first-order valence-electron chi connectivity index (χ1n) is 5.56. The lowest BCUT2D eigenvalue weighted by Crippen LogP contribution is -2.07. The van der Waals surface area contributed by atoms with Crippen LogP contribution < -0.4 is 5.73 Å². The van der Waals surface area contributed by atoms with Gasteiger partial charge in [-0.3, -0.25) is 0 Å². The number of benzene rings is 2. The molecule has 2 rings (SSSR count). The fourth-order valence-electron chi connectivity index (χ4n) is 1.63. The summed E-state index contributed by atoms with van der Waals surface area (Å²) in [4.78, 5) is 0.780. The molecule has 0 spiro atoms. The third kappa shape index (κ3) is 2.71. The second-order valence-corrected chi connectivity index (χ2v) is 5.03. The average Bonchev–Trinajstić information content (AvgIpc) is 2.34. The lowest BCUT2D eigenvalue weighted by atomic mass is 10.1. The van der Waals surface area contributed by atoms with Crippen molar-refractivity contribution in [2.45, 2.75) is 22.8 Å². The normalized spacial score (nSPS) is 12.4. The van der Waals surface area contributed by atoms with Crippen LogP contribution >= 0.6 is 11.8 Å². The molecule has 0 heterocycles. The summed E-state index contributed by atoms with van der Waals surface area (Å²) in [7, 11) is 0. The highest BCUT2D eigenvalue weighted by Gasteiger charge is 2.14. The Labute approximate surface area is 109 Å². The maximum absolute atomic E-state index is 13.8. The molecule has 1 atom stereocenters. The molecule has 0 amide bonds. The van der Waals surface area contributed by atoms with E-state index in [0.29, 0.717) is 15.4 Å². The van der Waals surface area contributed by atoms with Crippen molar-refractivity contribution in [3.63, 3.8) is 0 Å². The molecule has 4 heteroatoms. The minimum atomic E-state index is -0.377. The molecule has 0 bridgehead atoms. The lowest BCUT2D eigenvalue weighted by Gasteiger charge is -2.13. The quantitative estimate of drug-likeness (QED) is 0.902. The van der Waals surface area contributed by atoms with Crippen molar-refractivity contribution in [3.05, 3.63) is 59.7 Å². The number of halogens is 2. The maximum Gasteiger partial charge on any atom is 0.137 e. The molecule has 1 nitrogen and oxygen atoms in total. The molecule has 0 fully saturated rings. The summed E-state index contributed by atoms with van der Waals surface area (Å²) < 4.78 is 27.4. The molecule has 0 aliphatic rings. The van der Waals surface area contributed by atoms with E-state index in [1.54, 1.807) is 37.3 Å². The minimum Gasteiger partial charge on any atom is -0.324 e. The van der Waals surface area contributed by atoms with E-state index in [2.05, 4.69) is 0 Å². The smallest absolute Gasteiger partial charge is 0.137 e. The number of hydrogen-bond acceptors (Lipinski definition) is 2. The van der Waals surface area contributed by atoms with Crippen molar-refractivity contribution in [3.8, 4) is 0 Å². The maximum atomic E-state index is 13.8. The van der Waals surface area contributed by atoms with Crippen molar-refractivity contribution in [1.29, 1.82) is 0 Å². The van der Waals surface area contributed by atoms with Gasteiger partial charge in [0.2, 0.25) is 0 Å². The zero-order chi connectivity index (χ0) is 13.1. The predicted molar refractivity (Wildman–Crippen MR) is 69.5 cm³/mol. The predicted octanol–water partition coefficient (Wildman–Crippen LogP) is 4.14. The van der Waals surface area contributed by atoms with Gasteiger partial charge in [-0.25, -0.2) is 8.78 Å².